The molecule has 2 rings (SSSR count). The molecule has 3 atom stereocenters. The monoisotopic (exact) mass is 261 g/mol. The quantitative estimate of drug-likeness (QED) is 0.880. The first-order chi connectivity index (χ1) is 9.13. The molecule has 0 bridgehead atoms. The molecule has 0 aromatic heterocycles. The molecule has 1 N–H and O–H groups in total. The highest BCUT2D eigenvalue weighted by Crippen LogP contribution is 2.31. The fourth-order valence-corrected chi connectivity index (χ4v) is 3.23. The van der Waals surface area contributed by atoms with Gasteiger partial charge in [0, 0.05) is 18.8 Å². The molecule has 2 heteroatoms. The second-order valence-electron chi connectivity index (χ2n) is 5.96. The van der Waals surface area contributed by atoms with Crippen LogP contribution in [0.4, 0.5) is 5.69 Å². The van der Waals surface area contributed by atoms with Crippen LogP contribution in [0.3, 0.4) is 0 Å². The van der Waals surface area contributed by atoms with Gasteiger partial charge in [-0.3, -0.25) is 0 Å². The average molecular weight is 261 g/mol. The predicted octanol–water partition coefficient (Wildman–Crippen LogP) is 4.14. The van der Waals surface area contributed by atoms with Crippen molar-refractivity contribution in [1.82, 2.24) is 0 Å². The van der Waals surface area contributed by atoms with Crippen molar-refractivity contribution in [3.05, 3.63) is 29.8 Å². The van der Waals surface area contributed by atoms with Crippen molar-refractivity contribution in [2.75, 3.05) is 11.9 Å². The van der Waals surface area contributed by atoms with Crippen molar-refractivity contribution >= 4 is 5.69 Å². The molecule has 19 heavy (non-hydrogen) atoms. The summed E-state index contributed by atoms with van der Waals surface area (Å²) in [6.45, 7) is 4.38. The number of hydrogen-bond acceptors (Lipinski definition) is 2. The Kier molecular flexibility index (Phi) is 4.87. The van der Waals surface area contributed by atoms with Gasteiger partial charge in [-0.05, 0) is 42.9 Å². The smallest absolute Gasteiger partial charge is 0.0787 e. The zero-order chi connectivity index (χ0) is 13.8. The summed E-state index contributed by atoms with van der Waals surface area (Å²) in [7, 11) is 2.21. The Hall–Kier alpha value is -1.02. The van der Waals surface area contributed by atoms with E-state index >= 15 is 0 Å². The number of nitrogens with zero attached hydrogens (tertiary/aromatic N) is 1. The van der Waals surface area contributed by atoms with Gasteiger partial charge in [-0.25, -0.2) is 0 Å². The molecule has 1 fully saturated rings. The lowest BCUT2D eigenvalue weighted by Gasteiger charge is -2.37. The van der Waals surface area contributed by atoms with Crippen LogP contribution < -0.4 is 4.90 Å². The van der Waals surface area contributed by atoms with Crippen molar-refractivity contribution in [2.24, 2.45) is 5.92 Å². The van der Waals surface area contributed by atoms with E-state index in [1.54, 1.807) is 0 Å². The largest absolute Gasteiger partial charge is 0.388 e. The maximum Gasteiger partial charge on any atom is 0.0787 e. The molecule has 0 spiro atoms. The lowest BCUT2D eigenvalue weighted by atomic mass is 9.85. The zero-order valence-electron chi connectivity index (χ0n) is 12.5. The third-order valence-corrected chi connectivity index (χ3v) is 4.64. The van der Waals surface area contributed by atoms with Crippen LogP contribution in [-0.4, -0.2) is 18.2 Å². The minimum absolute atomic E-state index is 0.326. The molecule has 1 aliphatic rings. The molecule has 0 aliphatic heterocycles. The molecule has 0 radical (unpaired) electrons. The van der Waals surface area contributed by atoms with Crippen molar-refractivity contribution < 1.29 is 5.11 Å². The van der Waals surface area contributed by atoms with Crippen LogP contribution in [-0.2, 0) is 0 Å². The Balaban J connectivity index is 2.08. The summed E-state index contributed by atoms with van der Waals surface area (Å²) in [5, 5.41) is 9.84. The Morgan fingerprint density at radius 3 is 2.42 bits per heavy atom. The number of hydrogen-bond donors (Lipinski definition) is 1. The number of aliphatic hydroxyl groups is 1. The van der Waals surface area contributed by atoms with E-state index in [4.69, 9.17) is 0 Å². The molecule has 1 aromatic carbocycles. The zero-order valence-corrected chi connectivity index (χ0v) is 12.5. The molecule has 106 valence electrons. The third-order valence-electron chi connectivity index (χ3n) is 4.64. The summed E-state index contributed by atoms with van der Waals surface area (Å²) in [4.78, 5) is 2.42. The van der Waals surface area contributed by atoms with Crippen LogP contribution in [0.2, 0.25) is 0 Å². The Bertz CT molecular complexity index is 387. The lowest BCUT2D eigenvalue weighted by Crippen LogP contribution is -2.38. The van der Waals surface area contributed by atoms with Crippen molar-refractivity contribution in [3.8, 4) is 0 Å². The van der Waals surface area contributed by atoms with Gasteiger partial charge in [-0.15, -0.1) is 0 Å². The topological polar surface area (TPSA) is 23.5 Å². The molecule has 0 saturated heterocycles. The van der Waals surface area contributed by atoms with Crippen LogP contribution >= 0.6 is 0 Å². The first kappa shape index (κ1) is 14.4. The summed E-state index contributed by atoms with van der Waals surface area (Å²) in [6, 6.07) is 9.09. The summed E-state index contributed by atoms with van der Waals surface area (Å²) >= 11 is 0. The van der Waals surface area contributed by atoms with Crippen molar-refractivity contribution in [2.45, 2.75) is 58.1 Å². The van der Waals surface area contributed by atoms with Crippen LogP contribution in [0.5, 0.6) is 0 Å². The molecule has 1 saturated carbocycles. The van der Waals surface area contributed by atoms with Gasteiger partial charge in [0.25, 0.3) is 0 Å². The van der Waals surface area contributed by atoms with E-state index in [0.29, 0.717) is 6.04 Å². The first-order valence-corrected chi connectivity index (χ1v) is 7.64. The summed E-state index contributed by atoms with van der Waals surface area (Å²) in [5.74, 6) is 0.777. The Labute approximate surface area is 117 Å². The number of rotatable bonds is 4. The van der Waals surface area contributed by atoms with Gasteiger partial charge in [0.15, 0.2) is 0 Å². The number of aliphatic hydroxyl groups excluding tert-OH is 1. The summed E-state index contributed by atoms with van der Waals surface area (Å²) < 4.78 is 0. The Morgan fingerprint density at radius 2 is 1.84 bits per heavy atom. The molecule has 2 unspecified atom stereocenters. The maximum absolute atomic E-state index is 9.84. The minimum atomic E-state index is -0.326. The van der Waals surface area contributed by atoms with E-state index in [-0.39, 0.29) is 6.10 Å². The van der Waals surface area contributed by atoms with Gasteiger partial charge in [-0.2, -0.15) is 0 Å². The van der Waals surface area contributed by atoms with Gasteiger partial charge in [-0.1, -0.05) is 38.8 Å². The predicted molar refractivity (Wildman–Crippen MR) is 81.5 cm³/mol. The first-order valence-electron chi connectivity index (χ1n) is 7.64. The minimum Gasteiger partial charge on any atom is -0.388 e. The van der Waals surface area contributed by atoms with Crippen molar-refractivity contribution in [1.29, 1.82) is 0 Å². The van der Waals surface area contributed by atoms with E-state index in [1.807, 2.05) is 6.92 Å². The van der Waals surface area contributed by atoms with Crippen LogP contribution in [0, 0.1) is 5.92 Å². The molecule has 2 nitrogen and oxygen atoms in total. The highest BCUT2D eigenvalue weighted by molar-refractivity contribution is 5.48. The Morgan fingerprint density at radius 1 is 1.21 bits per heavy atom. The van der Waals surface area contributed by atoms with Gasteiger partial charge < -0.3 is 10.0 Å². The number of benzene rings is 1. The standard InChI is InChI=1S/C17H27NO/c1-4-17(19)14-9-11-15(12-10-14)18(3)16-8-6-5-7-13(16)2/h9-13,16-17,19H,4-8H2,1-3H3/t13?,16?,17-/m1/s1. The van der Waals surface area contributed by atoms with Gasteiger partial charge in [0.2, 0.25) is 0 Å². The van der Waals surface area contributed by atoms with E-state index in [1.165, 1.54) is 31.4 Å². The molecular formula is C17H27NO. The summed E-state index contributed by atoms with van der Waals surface area (Å²) in [5.41, 5.74) is 2.29. The molecule has 1 aliphatic carbocycles. The molecule has 0 amide bonds. The van der Waals surface area contributed by atoms with Gasteiger partial charge in [0.1, 0.15) is 0 Å². The SMILES string of the molecule is CC[C@@H](O)c1ccc(N(C)C2CCCCC2C)cc1. The van der Waals surface area contributed by atoms with E-state index in [0.717, 1.165) is 17.9 Å². The second kappa shape index (κ2) is 6.42. The fourth-order valence-electron chi connectivity index (χ4n) is 3.23. The maximum atomic E-state index is 9.84. The third kappa shape index (κ3) is 3.30. The van der Waals surface area contributed by atoms with Crippen LogP contribution in [0.15, 0.2) is 24.3 Å². The average Bonchev–Trinajstić information content (AvgIpc) is 2.46. The normalized spacial score (nSPS) is 25.1. The highest BCUT2D eigenvalue weighted by atomic mass is 16.3. The highest BCUT2D eigenvalue weighted by Gasteiger charge is 2.25. The summed E-state index contributed by atoms with van der Waals surface area (Å²) in [6.07, 6.45) is 5.83. The lowest BCUT2D eigenvalue weighted by molar-refractivity contribution is 0.173. The fraction of sp³-hybridized carbons (Fsp3) is 0.647. The second-order valence-corrected chi connectivity index (χ2v) is 5.96. The van der Waals surface area contributed by atoms with Crippen LogP contribution in [0.1, 0.15) is 57.6 Å². The van der Waals surface area contributed by atoms with E-state index in [2.05, 4.69) is 43.1 Å². The van der Waals surface area contributed by atoms with E-state index in [9.17, 15) is 5.11 Å². The number of anilines is 1. The molecular weight excluding hydrogens is 234 g/mol. The molecule has 1 aromatic rings. The van der Waals surface area contributed by atoms with Crippen molar-refractivity contribution in [3.63, 3.8) is 0 Å². The van der Waals surface area contributed by atoms with Gasteiger partial charge >= 0.3 is 0 Å². The van der Waals surface area contributed by atoms with Crippen LogP contribution in [0.25, 0.3) is 0 Å². The molecule has 0 heterocycles. The van der Waals surface area contributed by atoms with Gasteiger partial charge in [0.05, 0.1) is 6.10 Å². The van der Waals surface area contributed by atoms with E-state index < -0.39 is 0 Å².